The lowest BCUT2D eigenvalue weighted by molar-refractivity contribution is -0.115. The molecule has 1 N–H and O–H groups in total. The van der Waals surface area contributed by atoms with Crippen LogP contribution in [-0.2, 0) is 4.79 Å². The van der Waals surface area contributed by atoms with E-state index in [-0.39, 0.29) is 11.2 Å². The second-order valence-electron chi connectivity index (χ2n) is 4.54. The van der Waals surface area contributed by atoms with E-state index in [1.54, 1.807) is 11.8 Å². The molecule has 2 heterocycles. The molecule has 0 aliphatic carbocycles. The van der Waals surface area contributed by atoms with Crippen LogP contribution >= 0.6 is 27.7 Å². The van der Waals surface area contributed by atoms with E-state index in [1.165, 1.54) is 0 Å². The van der Waals surface area contributed by atoms with E-state index < -0.39 is 0 Å². The second kappa shape index (κ2) is 5.97. The third-order valence-electron chi connectivity index (χ3n) is 3.14. The van der Waals surface area contributed by atoms with Crippen LogP contribution in [0.3, 0.4) is 0 Å². The molecule has 0 spiro atoms. The summed E-state index contributed by atoms with van der Waals surface area (Å²) >= 11 is 5.27. The SMILES string of the molecule is O=C1CCSC(c2ccccn2)c2cc(Br)ccc2N1. The normalized spacial score (nSPS) is 18.6. The number of aromatic nitrogens is 1. The van der Waals surface area contributed by atoms with Gasteiger partial charge in [-0.25, -0.2) is 0 Å². The highest BCUT2D eigenvalue weighted by Crippen LogP contribution is 2.41. The van der Waals surface area contributed by atoms with Gasteiger partial charge in [-0.3, -0.25) is 9.78 Å². The molecule has 102 valence electrons. The number of anilines is 1. The number of hydrogen-bond acceptors (Lipinski definition) is 3. The zero-order valence-corrected chi connectivity index (χ0v) is 13.1. The Labute approximate surface area is 130 Å². The molecule has 1 aliphatic heterocycles. The lowest BCUT2D eigenvalue weighted by Gasteiger charge is -2.23. The van der Waals surface area contributed by atoms with Crippen molar-refractivity contribution in [2.75, 3.05) is 11.1 Å². The smallest absolute Gasteiger partial charge is 0.225 e. The summed E-state index contributed by atoms with van der Waals surface area (Å²) < 4.78 is 1.01. The predicted octanol–water partition coefficient (Wildman–Crippen LogP) is 4.01. The van der Waals surface area contributed by atoms with E-state index in [0.29, 0.717) is 6.42 Å². The van der Waals surface area contributed by atoms with Crippen molar-refractivity contribution in [3.8, 4) is 0 Å². The van der Waals surface area contributed by atoms with E-state index in [9.17, 15) is 4.79 Å². The molecule has 1 aromatic heterocycles. The van der Waals surface area contributed by atoms with Gasteiger partial charge < -0.3 is 5.32 Å². The van der Waals surface area contributed by atoms with Crippen molar-refractivity contribution in [3.05, 3.63) is 58.3 Å². The van der Waals surface area contributed by atoms with Gasteiger partial charge in [-0.15, -0.1) is 11.8 Å². The quantitative estimate of drug-likeness (QED) is 0.846. The van der Waals surface area contributed by atoms with E-state index in [0.717, 1.165) is 27.2 Å². The van der Waals surface area contributed by atoms with Gasteiger partial charge in [-0.1, -0.05) is 22.0 Å². The molecule has 0 radical (unpaired) electrons. The number of halogens is 1. The Morgan fingerprint density at radius 3 is 3.00 bits per heavy atom. The molecule has 1 unspecified atom stereocenters. The van der Waals surface area contributed by atoms with Crippen molar-refractivity contribution < 1.29 is 4.79 Å². The van der Waals surface area contributed by atoms with Crippen molar-refractivity contribution in [2.24, 2.45) is 0 Å². The van der Waals surface area contributed by atoms with Crippen molar-refractivity contribution in [1.29, 1.82) is 0 Å². The van der Waals surface area contributed by atoms with E-state index >= 15 is 0 Å². The van der Waals surface area contributed by atoms with Crippen LogP contribution in [0.5, 0.6) is 0 Å². The van der Waals surface area contributed by atoms with Gasteiger partial charge >= 0.3 is 0 Å². The molecule has 5 heteroatoms. The van der Waals surface area contributed by atoms with Crippen LogP contribution in [0.1, 0.15) is 22.9 Å². The first kappa shape index (κ1) is 13.6. The summed E-state index contributed by atoms with van der Waals surface area (Å²) in [6.07, 6.45) is 2.34. The van der Waals surface area contributed by atoms with Gasteiger partial charge in [0.05, 0.1) is 10.9 Å². The third kappa shape index (κ3) is 2.88. The highest BCUT2D eigenvalue weighted by atomic mass is 79.9. The largest absolute Gasteiger partial charge is 0.326 e. The van der Waals surface area contributed by atoms with Crippen LogP contribution in [-0.4, -0.2) is 16.6 Å². The Morgan fingerprint density at radius 2 is 2.20 bits per heavy atom. The molecule has 1 atom stereocenters. The van der Waals surface area contributed by atoms with Gasteiger partial charge in [0.25, 0.3) is 0 Å². The number of nitrogens with zero attached hydrogens (tertiary/aromatic N) is 1. The molecule has 3 rings (SSSR count). The number of benzene rings is 1. The molecule has 2 aromatic rings. The number of hydrogen-bond donors (Lipinski definition) is 1. The fourth-order valence-corrected chi connectivity index (χ4v) is 3.81. The molecule has 1 aromatic carbocycles. The number of fused-ring (bicyclic) bond motifs is 1. The molecule has 0 fully saturated rings. The number of rotatable bonds is 1. The Balaban J connectivity index is 2.09. The molecule has 1 aliphatic rings. The summed E-state index contributed by atoms with van der Waals surface area (Å²) in [5, 5.41) is 3.13. The van der Waals surface area contributed by atoms with Crippen molar-refractivity contribution in [2.45, 2.75) is 11.7 Å². The molecule has 20 heavy (non-hydrogen) atoms. The minimum atomic E-state index is 0.0699. The molecule has 0 bridgehead atoms. The Kier molecular flexibility index (Phi) is 4.08. The first-order valence-electron chi connectivity index (χ1n) is 6.36. The zero-order valence-electron chi connectivity index (χ0n) is 10.7. The highest BCUT2D eigenvalue weighted by Gasteiger charge is 2.23. The van der Waals surface area contributed by atoms with Crippen molar-refractivity contribution >= 4 is 39.3 Å². The number of pyridine rings is 1. The maximum atomic E-state index is 11.8. The van der Waals surface area contributed by atoms with Crippen molar-refractivity contribution in [3.63, 3.8) is 0 Å². The summed E-state index contributed by atoms with van der Waals surface area (Å²) in [5.41, 5.74) is 2.99. The summed E-state index contributed by atoms with van der Waals surface area (Å²) in [4.78, 5) is 16.2. The van der Waals surface area contributed by atoms with Gasteiger partial charge in [0.2, 0.25) is 5.91 Å². The maximum absolute atomic E-state index is 11.8. The summed E-state index contributed by atoms with van der Waals surface area (Å²) in [7, 11) is 0. The topological polar surface area (TPSA) is 42.0 Å². The third-order valence-corrected chi connectivity index (χ3v) is 4.90. The zero-order chi connectivity index (χ0) is 13.9. The van der Waals surface area contributed by atoms with E-state index in [2.05, 4.69) is 32.3 Å². The lowest BCUT2D eigenvalue weighted by atomic mass is 10.1. The van der Waals surface area contributed by atoms with E-state index in [1.807, 2.05) is 36.5 Å². The van der Waals surface area contributed by atoms with Crippen LogP contribution in [0.15, 0.2) is 47.1 Å². The first-order valence-corrected chi connectivity index (χ1v) is 8.20. The predicted molar refractivity (Wildman–Crippen MR) is 85.9 cm³/mol. The first-order chi connectivity index (χ1) is 9.74. The lowest BCUT2D eigenvalue weighted by Crippen LogP contribution is -2.18. The van der Waals surface area contributed by atoms with Crippen LogP contribution in [0.2, 0.25) is 0 Å². The Morgan fingerprint density at radius 1 is 1.30 bits per heavy atom. The number of thioether (sulfide) groups is 1. The second-order valence-corrected chi connectivity index (χ2v) is 6.66. The van der Waals surface area contributed by atoms with Crippen molar-refractivity contribution in [1.82, 2.24) is 4.98 Å². The number of amides is 1. The van der Waals surface area contributed by atoms with Crippen LogP contribution in [0.4, 0.5) is 5.69 Å². The molecule has 0 saturated carbocycles. The van der Waals surface area contributed by atoms with Gasteiger partial charge in [-0.2, -0.15) is 0 Å². The molecular weight excluding hydrogens is 336 g/mol. The number of carbonyl (C=O) groups excluding carboxylic acids is 1. The van der Waals surface area contributed by atoms with Crippen LogP contribution in [0, 0.1) is 0 Å². The summed E-state index contributed by atoms with van der Waals surface area (Å²) in [6, 6.07) is 11.9. The van der Waals surface area contributed by atoms with Gasteiger partial charge in [0.1, 0.15) is 0 Å². The van der Waals surface area contributed by atoms with Gasteiger partial charge in [0, 0.05) is 28.5 Å². The Hall–Kier alpha value is -1.33. The standard InChI is InChI=1S/C15H13BrN2OS/c16-10-4-5-12-11(9-10)15(13-3-1-2-7-17-13)20-8-6-14(19)18-12/h1-5,7,9,15H,6,8H2,(H,18,19). The average molecular weight is 349 g/mol. The van der Waals surface area contributed by atoms with E-state index in [4.69, 9.17) is 0 Å². The van der Waals surface area contributed by atoms with Gasteiger partial charge in [0.15, 0.2) is 0 Å². The molecule has 3 nitrogen and oxygen atoms in total. The summed E-state index contributed by atoms with van der Waals surface area (Å²) in [6.45, 7) is 0. The minimum Gasteiger partial charge on any atom is -0.326 e. The van der Waals surface area contributed by atoms with Crippen LogP contribution in [0.25, 0.3) is 0 Å². The number of nitrogens with one attached hydrogen (secondary N) is 1. The Bertz CT molecular complexity index is 633. The van der Waals surface area contributed by atoms with Gasteiger partial charge in [-0.05, 0) is 35.9 Å². The maximum Gasteiger partial charge on any atom is 0.225 e. The molecular formula is C15H13BrN2OS. The molecule has 1 amide bonds. The monoisotopic (exact) mass is 348 g/mol. The fraction of sp³-hybridized carbons (Fsp3) is 0.200. The summed E-state index contributed by atoms with van der Waals surface area (Å²) in [5.74, 6) is 0.861. The molecule has 0 saturated heterocycles. The fourth-order valence-electron chi connectivity index (χ4n) is 2.21. The highest BCUT2D eigenvalue weighted by molar-refractivity contribution is 9.10. The minimum absolute atomic E-state index is 0.0699. The average Bonchev–Trinajstić information content (AvgIpc) is 2.45. The van der Waals surface area contributed by atoms with Crippen LogP contribution < -0.4 is 5.32 Å². The number of carbonyl (C=O) groups is 1.